The van der Waals surface area contributed by atoms with Crippen LogP contribution < -0.4 is 0 Å². The van der Waals surface area contributed by atoms with Gasteiger partial charge in [0.1, 0.15) is 0 Å². The van der Waals surface area contributed by atoms with Crippen LogP contribution in [0.15, 0.2) is 96.9 Å². The summed E-state index contributed by atoms with van der Waals surface area (Å²) < 4.78 is 2.33. The number of para-hydroxylation sites is 2. The zero-order chi connectivity index (χ0) is 23.4. The predicted molar refractivity (Wildman–Crippen MR) is 135 cm³/mol. The van der Waals surface area contributed by atoms with Crippen LogP contribution >= 0.6 is 0 Å². The van der Waals surface area contributed by atoms with E-state index in [-0.39, 0.29) is 32.6 Å². The summed E-state index contributed by atoms with van der Waals surface area (Å²) in [7, 11) is 0. The molecule has 0 saturated heterocycles. The second-order valence-electron chi connectivity index (χ2n) is 7.90. The zero-order valence-electron chi connectivity index (χ0n) is 19.2. The Balaban J connectivity index is 0.000000357. The van der Waals surface area contributed by atoms with Crippen molar-refractivity contribution in [3.8, 4) is 16.9 Å². The van der Waals surface area contributed by atoms with Crippen molar-refractivity contribution in [3.05, 3.63) is 109 Å². The van der Waals surface area contributed by atoms with Crippen molar-refractivity contribution >= 4 is 27.6 Å². The van der Waals surface area contributed by atoms with Crippen molar-refractivity contribution in [1.29, 1.82) is 0 Å². The number of fused-ring (bicyclic) bond motifs is 3. The molecule has 0 bridgehead atoms. The Morgan fingerprint density at radius 2 is 1.53 bits per heavy atom. The number of aliphatic hydroxyl groups is 1. The summed E-state index contributed by atoms with van der Waals surface area (Å²) in [5.74, 6) is -0.0625. The number of carbonyl (C=O) groups excluding carboxylic acids is 1. The molecule has 1 N–H and O–H groups in total. The first-order valence-electron chi connectivity index (χ1n) is 10.8. The van der Waals surface area contributed by atoms with Crippen LogP contribution in [0.2, 0.25) is 0 Å². The number of hydrogen-bond donors (Lipinski definition) is 1. The molecule has 5 rings (SSSR count). The molecule has 0 aliphatic heterocycles. The van der Waals surface area contributed by atoms with E-state index in [1.54, 1.807) is 0 Å². The van der Waals surface area contributed by atoms with E-state index in [0.717, 1.165) is 16.9 Å². The van der Waals surface area contributed by atoms with Gasteiger partial charge < -0.3 is 14.7 Å². The molecule has 2 heterocycles. The van der Waals surface area contributed by atoms with Crippen molar-refractivity contribution in [1.82, 2.24) is 9.55 Å². The van der Waals surface area contributed by atoms with E-state index in [1.165, 1.54) is 47.3 Å². The molecule has 5 aromatic rings. The summed E-state index contributed by atoms with van der Waals surface area (Å²) in [5.41, 5.74) is 6.77. The van der Waals surface area contributed by atoms with Gasteiger partial charge >= 0.3 is 0 Å². The first kappa shape index (κ1) is 25.1. The van der Waals surface area contributed by atoms with E-state index in [9.17, 15) is 4.79 Å². The fourth-order valence-corrected chi connectivity index (χ4v) is 3.98. The van der Waals surface area contributed by atoms with E-state index in [1.807, 2.05) is 24.4 Å². The van der Waals surface area contributed by atoms with E-state index in [4.69, 9.17) is 5.11 Å². The van der Waals surface area contributed by atoms with Crippen LogP contribution in [-0.2, 0) is 25.9 Å². The van der Waals surface area contributed by atoms with Gasteiger partial charge in [-0.1, -0.05) is 55.5 Å². The van der Waals surface area contributed by atoms with Crippen LogP contribution in [0.5, 0.6) is 0 Å². The first-order valence-corrected chi connectivity index (χ1v) is 10.8. The summed E-state index contributed by atoms with van der Waals surface area (Å²) in [6.45, 7) is 5.00. The van der Waals surface area contributed by atoms with E-state index < -0.39 is 0 Å². The Morgan fingerprint density at radius 1 is 0.941 bits per heavy atom. The molecule has 0 unspecified atom stereocenters. The van der Waals surface area contributed by atoms with E-state index in [2.05, 4.69) is 83.2 Å². The minimum Gasteiger partial charge on any atom is -0.512 e. The fourth-order valence-electron chi connectivity index (χ4n) is 3.98. The number of benzene rings is 3. The number of hydrogen-bond acceptors (Lipinski definition) is 3. The third-order valence-electron chi connectivity index (χ3n) is 5.30. The molecular formula is C29H25N2O2Pt-. The van der Waals surface area contributed by atoms with Crippen molar-refractivity contribution in [2.75, 3.05) is 0 Å². The van der Waals surface area contributed by atoms with Crippen molar-refractivity contribution in [2.45, 2.75) is 20.8 Å². The number of pyridine rings is 1. The summed E-state index contributed by atoms with van der Waals surface area (Å²) in [6.07, 6.45) is 2.99. The minimum absolute atomic E-state index is 0. The minimum atomic E-state index is -0.125. The van der Waals surface area contributed by atoms with Crippen molar-refractivity contribution in [3.63, 3.8) is 0 Å². The van der Waals surface area contributed by atoms with Crippen molar-refractivity contribution in [2.24, 2.45) is 0 Å². The Labute approximate surface area is 213 Å². The van der Waals surface area contributed by atoms with Gasteiger partial charge in [-0.15, -0.1) is 29.3 Å². The second kappa shape index (κ2) is 11.1. The van der Waals surface area contributed by atoms with Crippen LogP contribution in [0, 0.1) is 13.0 Å². The number of aliphatic hydroxyl groups excluding tert-OH is 1. The molecule has 0 saturated carbocycles. The molecule has 0 aliphatic rings. The average molecular weight is 629 g/mol. The Morgan fingerprint density at radius 3 is 2.00 bits per heavy atom. The largest absolute Gasteiger partial charge is 0.512 e. The molecule has 174 valence electrons. The number of carbonyl (C=O) groups is 1. The monoisotopic (exact) mass is 628 g/mol. The molecular weight excluding hydrogens is 603 g/mol. The first-order chi connectivity index (χ1) is 16.0. The third-order valence-corrected chi connectivity index (χ3v) is 5.30. The van der Waals surface area contributed by atoms with Gasteiger partial charge in [0, 0.05) is 55.1 Å². The molecule has 0 amide bonds. The Kier molecular flexibility index (Phi) is 8.20. The smallest absolute Gasteiger partial charge is 0.155 e. The number of rotatable bonds is 3. The number of ketones is 1. The fraction of sp³-hybridized carbons (Fsp3) is 0.103. The number of nitrogens with zero attached hydrogens (tertiary/aromatic N) is 2. The Hall–Kier alpha value is -3.49. The molecule has 34 heavy (non-hydrogen) atoms. The molecule has 5 heteroatoms. The standard InChI is InChI=1S/C24H17N2.C5H8O2.Pt/c1-17-16-18(21-10-6-7-15-25-21)13-14-22(17)26-23-11-4-2-8-19(23)20-9-3-5-12-24(20)26;1-4(6)3-5(2)7;/h2-12,14-16H,1H3;3,6H,1-2H3;/q-1;;/b;4-3-;. The maximum atomic E-state index is 10.0. The maximum absolute atomic E-state index is 10.0. The normalized spacial score (nSPS) is 11.0. The van der Waals surface area contributed by atoms with Gasteiger partial charge in [-0.05, 0) is 43.4 Å². The van der Waals surface area contributed by atoms with Gasteiger partial charge in [-0.3, -0.25) is 4.79 Å². The molecule has 0 spiro atoms. The molecule has 2 aromatic heterocycles. The van der Waals surface area contributed by atoms with Crippen LogP contribution in [0.1, 0.15) is 19.4 Å². The van der Waals surface area contributed by atoms with Gasteiger partial charge in [-0.25, -0.2) is 0 Å². The van der Waals surface area contributed by atoms with Gasteiger partial charge in [0.15, 0.2) is 5.78 Å². The summed E-state index contributed by atoms with van der Waals surface area (Å²) in [5, 5.41) is 10.9. The van der Waals surface area contributed by atoms with Crippen LogP contribution in [0.3, 0.4) is 0 Å². The van der Waals surface area contributed by atoms with Gasteiger partial charge in [0.25, 0.3) is 0 Å². The maximum Gasteiger partial charge on any atom is 0.155 e. The quantitative estimate of drug-likeness (QED) is 0.133. The van der Waals surface area contributed by atoms with Gasteiger partial charge in [0.05, 0.1) is 5.76 Å². The van der Waals surface area contributed by atoms with Crippen LogP contribution in [-0.4, -0.2) is 20.4 Å². The van der Waals surface area contributed by atoms with Crippen LogP contribution in [0.4, 0.5) is 0 Å². The summed E-state index contributed by atoms with van der Waals surface area (Å²) >= 11 is 0. The SMILES string of the molecule is CC(=O)/C=C(/C)O.Cc1cc(-c2ccccn2)[c-]cc1-n1c2ccccc2c2ccccc21.[Pt]. The third kappa shape index (κ3) is 5.35. The summed E-state index contributed by atoms with van der Waals surface area (Å²) in [4.78, 5) is 14.5. The molecule has 4 nitrogen and oxygen atoms in total. The summed E-state index contributed by atoms with van der Waals surface area (Å²) in [6, 6.07) is 30.8. The number of aryl methyl sites for hydroxylation is 1. The van der Waals surface area contributed by atoms with E-state index in [0.29, 0.717) is 0 Å². The van der Waals surface area contributed by atoms with Crippen molar-refractivity contribution < 1.29 is 31.0 Å². The van der Waals surface area contributed by atoms with Gasteiger partial charge in [0.2, 0.25) is 0 Å². The molecule has 3 aromatic carbocycles. The number of aromatic nitrogens is 2. The Bertz CT molecular complexity index is 1410. The molecule has 0 atom stereocenters. The second-order valence-corrected chi connectivity index (χ2v) is 7.90. The topological polar surface area (TPSA) is 55.1 Å². The number of allylic oxidation sites excluding steroid dienone is 2. The predicted octanol–water partition coefficient (Wildman–Crippen LogP) is 6.99. The molecule has 0 aliphatic carbocycles. The van der Waals surface area contributed by atoms with E-state index >= 15 is 0 Å². The van der Waals surface area contributed by atoms with Crippen LogP contribution in [0.25, 0.3) is 38.8 Å². The molecule has 0 fully saturated rings. The average Bonchev–Trinajstić information content (AvgIpc) is 3.14. The molecule has 0 radical (unpaired) electrons. The zero-order valence-corrected chi connectivity index (χ0v) is 21.5. The van der Waals surface area contributed by atoms with Gasteiger partial charge in [-0.2, -0.15) is 0 Å².